The molecule has 2 heterocycles. The van der Waals surface area contributed by atoms with Crippen LogP contribution in [0.2, 0.25) is 0 Å². The van der Waals surface area contributed by atoms with Crippen molar-refractivity contribution in [1.82, 2.24) is 14.8 Å². The number of furan rings is 1. The van der Waals surface area contributed by atoms with Crippen molar-refractivity contribution in [3.05, 3.63) is 76.5 Å². The van der Waals surface area contributed by atoms with Gasteiger partial charge < -0.3 is 19.2 Å². The summed E-state index contributed by atoms with van der Waals surface area (Å²) in [6.07, 6.45) is 1.53. The van der Waals surface area contributed by atoms with E-state index in [0.717, 1.165) is 10.0 Å². The van der Waals surface area contributed by atoms with Gasteiger partial charge in [0.2, 0.25) is 11.8 Å². The van der Waals surface area contributed by atoms with Gasteiger partial charge >= 0.3 is 0 Å². The summed E-state index contributed by atoms with van der Waals surface area (Å²) in [4.78, 5) is 17.7. The van der Waals surface area contributed by atoms with E-state index in [1.165, 1.54) is 25.2 Å². The highest BCUT2D eigenvalue weighted by atomic mass is 79.9. The molecular formula is C22H19BrN4O4. The molecule has 9 heteroatoms. The maximum atomic E-state index is 13.3. The molecular weight excluding hydrogens is 464 g/mol. The Morgan fingerprint density at radius 1 is 1.10 bits per heavy atom. The van der Waals surface area contributed by atoms with E-state index < -0.39 is 0 Å². The molecule has 1 N–H and O–H groups in total. The molecule has 0 aliphatic carbocycles. The average molecular weight is 483 g/mol. The van der Waals surface area contributed by atoms with Crippen molar-refractivity contribution in [2.45, 2.75) is 6.54 Å². The summed E-state index contributed by atoms with van der Waals surface area (Å²) >= 11 is 3.46. The number of halogens is 1. The van der Waals surface area contributed by atoms with Crippen molar-refractivity contribution in [3.63, 3.8) is 0 Å². The number of methoxy groups -OCH3 is 2. The Morgan fingerprint density at radius 3 is 2.65 bits per heavy atom. The summed E-state index contributed by atoms with van der Waals surface area (Å²) in [5.74, 6) is 1.67. The van der Waals surface area contributed by atoms with Crippen molar-refractivity contribution >= 4 is 27.8 Å². The van der Waals surface area contributed by atoms with Gasteiger partial charge in [-0.25, -0.2) is 0 Å². The lowest BCUT2D eigenvalue weighted by atomic mass is 10.2. The Kier molecular flexibility index (Phi) is 6.03. The summed E-state index contributed by atoms with van der Waals surface area (Å²) in [5, 5.41) is 7.57. The van der Waals surface area contributed by atoms with Crippen molar-refractivity contribution in [2.75, 3.05) is 19.5 Å². The van der Waals surface area contributed by atoms with Gasteiger partial charge in [-0.1, -0.05) is 28.1 Å². The van der Waals surface area contributed by atoms with E-state index in [1.807, 2.05) is 24.3 Å². The zero-order chi connectivity index (χ0) is 21.8. The quantitative estimate of drug-likeness (QED) is 0.410. The second-order valence-corrected chi connectivity index (χ2v) is 7.42. The fourth-order valence-electron chi connectivity index (χ4n) is 3.00. The fourth-order valence-corrected chi connectivity index (χ4v) is 3.44. The highest BCUT2D eigenvalue weighted by Gasteiger charge is 2.21. The van der Waals surface area contributed by atoms with Gasteiger partial charge in [-0.05, 0) is 48.0 Å². The second kappa shape index (κ2) is 9.05. The van der Waals surface area contributed by atoms with Crippen LogP contribution in [0.3, 0.4) is 0 Å². The molecule has 4 rings (SSSR count). The number of ether oxygens (including phenoxy) is 2. The van der Waals surface area contributed by atoms with Gasteiger partial charge in [0, 0.05) is 16.6 Å². The molecule has 31 heavy (non-hydrogen) atoms. The van der Waals surface area contributed by atoms with Gasteiger partial charge in [0.25, 0.3) is 5.91 Å². The van der Waals surface area contributed by atoms with Crippen LogP contribution >= 0.6 is 15.9 Å². The van der Waals surface area contributed by atoms with Gasteiger partial charge in [-0.2, -0.15) is 9.67 Å². The smallest absolute Gasteiger partial charge is 0.281 e. The number of aromatic nitrogens is 3. The van der Waals surface area contributed by atoms with Gasteiger partial charge in [0.1, 0.15) is 0 Å². The van der Waals surface area contributed by atoms with Crippen LogP contribution in [-0.2, 0) is 6.54 Å². The number of hydrogen-bond donors (Lipinski definition) is 1. The van der Waals surface area contributed by atoms with Crippen molar-refractivity contribution < 1.29 is 18.7 Å². The van der Waals surface area contributed by atoms with Crippen LogP contribution < -0.4 is 14.8 Å². The predicted octanol–water partition coefficient (Wildman–Crippen LogP) is 4.62. The summed E-state index contributed by atoms with van der Waals surface area (Å²) < 4.78 is 18.1. The van der Waals surface area contributed by atoms with E-state index in [-0.39, 0.29) is 5.91 Å². The maximum Gasteiger partial charge on any atom is 0.281 e. The molecule has 2 aromatic carbocycles. The third-order valence-electron chi connectivity index (χ3n) is 4.51. The van der Waals surface area contributed by atoms with Crippen LogP contribution in [0.15, 0.2) is 69.8 Å². The molecule has 0 aliphatic heterocycles. The first-order valence-corrected chi connectivity index (χ1v) is 10.1. The lowest BCUT2D eigenvalue weighted by Crippen LogP contribution is -2.17. The number of rotatable bonds is 7. The van der Waals surface area contributed by atoms with Crippen molar-refractivity contribution in [2.24, 2.45) is 0 Å². The molecule has 0 saturated heterocycles. The van der Waals surface area contributed by atoms with E-state index in [2.05, 4.69) is 31.3 Å². The number of nitrogens with one attached hydrogen (secondary N) is 1. The average Bonchev–Trinajstić information content (AvgIpc) is 3.46. The highest BCUT2D eigenvalue weighted by molar-refractivity contribution is 9.10. The van der Waals surface area contributed by atoms with Crippen molar-refractivity contribution in [3.8, 4) is 23.1 Å². The summed E-state index contributed by atoms with van der Waals surface area (Å²) in [5.41, 5.74) is 1.39. The molecule has 8 nitrogen and oxygen atoms in total. The highest BCUT2D eigenvalue weighted by Crippen LogP contribution is 2.28. The molecule has 0 unspecified atom stereocenters. The number of benzene rings is 2. The van der Waals surface area contributed by atoms with Crippen LogP contribution in [0.1, 0.15) is 15.9 Å². The Hall–Kier alpha value is -3.59. The van der Waals surface area contributed by atoms with E-state index in [9.17, 15) is 4.79 Å². The Morgan fingerprint density at radius 2 is 1.94 bits per heavy atom. The van der Waals surface area contributed by atoms with Crippen LogP contribution in [0, 0.1) is 0 Å². The van der Waals surface area contributed by atoms with E-state index in [4.69, 9.17) is 13.9 Å². The minimum absolute atomic E-state index is 0.297. The standard InChI is InChI=1S/C22H19BrN4O4/c1-29-17-9-8-15(12-19(17)30-2)21(28)27-22(24-13-14-5-3-6-16(23)11-14)25-20(26-27)18-7-4-10-31-18/h3-12H,13H2,1-2H3,(H,24,25,26). The number of carbonyl (C=O) groups excluding carboxylic acids is 1. The topological polar surface area (TPSA) is 91.4 Å². The zero-order valence-corrected chi connectivity index (χ0v) is 18.4. The first-order chi connectivity index (χ1) is 15.1. The fraction of sp³-hybridized carbons (Fsp3) is 0.136. The molecule has 0 atom stereocenters. The summed E-state index contributed by atoms with van der Waals surface area (Å²) in [7, 11) is 3.05. The normalized spacial score (nSPS) is 10.7. The Bertz CT molecular complexity index is 1200. The van der Waals surface area contributed by atoms with Gasteiger partial charge in [-0.3, -0.25) is 4.79 Å². The van der Waals surface area contributed by atoms with Crippen LogP contribution in [0.4, 0.5) is 5.95 Å². The number of anilines is 1. The van der Waals surface area contributed by atoms with Crippen LogP contribution in [0.25, 0.3) is 11.6 Å². The Labute approximate surface area is 186 Å². The first-order valence-electron chi connectivity index (χ1n) is 9.35. The second-order valence-electron chi connectivity index (χ2n) is 6.51. The monoisotopic (exact) mass is 482 g/mol. The molecule has 4 aromatic rings. The third-order valence-corrected chi connectivity index (χ3v) is 5.00. The largest absolute Gasteiger partial charge is 0.493 e. The molecule has 0 amide bonds. The zero-order valence-electron chi connectivity index (χ0n) is 16.8. The molecule has 0 aliphatic rings. The van der Waals surface area contributed by atoms with Gasteiger partial charge in [0.05, 0.1) is 20.5 Å². The molecule has 0 bridgehead atoms. The van der Waals surface area contributed by atoms with Crippen LogP contribution in [0.5, 0.6) is 11.5 Å². The molecule has 0 spiro atoms. The Balaban J connectivity index is 1.69. The predicted molar refractivity (Wildman–Crippen MR) is 118 cm³/mol. The van der Waals surface area contributed by atoms with Crippen LogP contribution in [-0.4, -0.2) is 34.9 Å². The summed E-state index contributed by atoms with van der Waals surface area (Å²) in [6, 6.07) is 16.2. The number of nitrogens with zero attached hydrogens (tertiary/aromatic N) is 3. The molecule has 2 aromatic heterocycles. The SMILES string of the molecule is COc1ccc(C(=O)n2nc(-c3ccco3)nc2NCc2cccc(Br)c2)cc1OC. The lowest BCUT2D eigenvalue weighted by molar-refractivity contribution is 0.0947. The summed E-state index contributed by atoms with van der Waals surface area (Å²) in [6.45, 7) is 0.453. The minimum atomic E-state index is -0.372. The minimum Gasteiger partial charge on any atom is -0.493 e. The van der Waals surface area contributed by atoms with E-state index in [0.29, 0.717) is 41.1 Å². The van der Waals surface area contributed by atoms with Crippen molar-refractivity contribution in [1.29, 1.82) is 0 Å². The third kappa shape index (κ3) is 4.46. The van der Waals surface area contributed by atoms with Gasteiger partial charge in [0.15, 0.2) is 17.3 Å². The van der Waals surface area contributed by atoms with E-state index >= 15 is 0 Å². The maximum absolute atomic E-state index is 13.3. The van der Waals surface area contributed by atoms with E-state index in [1.54, 1.807) is 30.3 Å². The molecule has 0 radical (unpaired) electrons. The first kappa shape index (κ1) is 20.7. The molecule has 0 fully saturated rings. The van der Waals surface area contributed by atoms with Gasteiger partial charge in [-0.15, -0.1) is 5.10 Å². The molecule has 158 valence electrons. The number of carbonyl (C=O) groups is 1. The molecule has 0 saturated carbocycles. The number of hydrogen-bond acceptors (Lipinski definition) is 7. The lowest BCUT2D eigenvalue weighted by Gasteiger charge is -2.10.